The molecule has 0 rings (SSSR count). The van der Waals surface area contributed by atoms with Crippen LogP contribution in [0.25, 0.3) is 0 Å². The average molecular weight is 205 g/mol. The molecule has 0 radical (unpaired) electrons. The lowest BCUT2D eigenvalue weighted by atomic mass is 10.1. The number of hydrogen-bond donors (Lipinski definition) is 0. The van der Waals surface area contributed by atoms with Crippen LogP contribution in [0.1, 0.15) is 39.0 Å². The van der Waals surface area contributed by atoms with Crippen molar-refractivity contribution in [1.82, 2.24) is 0 Å². The Morgan fingerprint density at radius 3 is 2.70 bits per heavy atom. The molecule has 0 N–H and O–H groups in total. The van der Waals surface area contributed by atoms with Gasteiger partial charge in [-0.2, -0.15) is 0 Å². The molecule has 0 heterocycles. The van der Waals surface area contributed by atoms with Crippen molar-refractivity contribution in [1.29, 1.82) is 0 Å². The van der Waals surface area contributed by atoms with Crippen LogP contribution >= 0.6 is 15.9 Å². The van der Waals surface area contributed by atoms with E-state index in [4.69, 9.17) is 0 Å². The second kappa shape index (κ2) is 7.33. The van der Waals surface area contributed by atoms with Crippen molar-refractivity contribution in [2.24, 2.45) is 0 Å². The zero-order chi connectivity index (χ0) is 7.82. The van der Waals surface area contributed by atoms with Gasteiger partial charge in [0.1, 0.15) is 0 Å². The Kier molecular flexibility index (Phi) is 7.49. The van der Waals surface area contributed by atoms with Gasteiger partial charge in [-0.1, -0.05) is 35.4 Å². The zero-order valence-electron chi connectivity index (χ0n) is 6.78. The van der Waals surface area contributed by atoms with Gasteiger partial charge in [-0.25, -0.2) is 0 Å². The van der Waals surface area contributed by atoms with Crippen LogP contribution < -0.4 is 0 Å². The van der Waals surface area contributed by atoms with Gasteiger partial charge < -0.3 is 0 Å². The van der Waals surface area contributed by atoms with Crippen LogP contribution in [0.4, 0.5) is 0 Å². The molecule has 0 aliphatic rings. The molecule has 60 valence electrons. The van der Waals surface area contributed by atoms with E-state index in [2.05, 4.69) is 29.4 Å². The van der Waals surface area contributed by atoms with Crippen LogP contribution in [0.15, 0.2) is 12.7 Å². The normalized spacial score (nSPS) is 13.0. The van der Waals surface area contributed by atoms with Gasteiger partial charge in [0.05, 0.1) is 0 Å². The lowest BCUT2D eigenvalue weighted by Crippen LogP contribution is -1.93. The maximum absolute atomic E-state index is 3.69. The minimum atomic E-state index is 0.734. The number of rotatable bonds is 6. The summed E-state index contributed by atoms with van der Waals surface area (Å²) in [6, 6.07) is 0. The molecule has 0 amide bonds. The Bertz CT molecular complexity index is 78.8. The highest BCUT2D eigenvalue weighted by Crippen LogP contribution is 2.13. The molecule has 0 spiro atoms. The molecule has 0 saturated heterocycles. The van der Waals surface area contributed by atoms with Crippen molar-refractivity contribution in [2.45, 2.75) is 43.9 Å². The Hall–Kier alpha value is 0.220. The molecule has 0 aliphatic carbocycles. The summed E-state index contributed by atoms with van der Waals surface area (Å²) in [7, 11) is 0. The highest BCUT2D eigenvalue weighted by Gasteiger charge is 1.98. The van der Waals surface area contributed by atoms with E-state index in [-0.39, 0.29) is 0 Å². The molecule has 10 heavy (non-hydrogen) atoms. The SMILES string of the molecule is C=CCCCCC(Br)CC. The lowest BCUT2D eigenvalue weighted by Gasteiger charge is -2.03. The molecule has 1 unspecified atom stereocenters. The standard InChI is InChI=1S/C9H17Br/c1-3-5-6-7-8-9(10)4-2/h3,9H,1,4-8H2,2H3. The summed E-state index contributed by atoms with van der Waals surface area (Å²) in [5, 5.41) is 0. The van der Waals surface area contributed by atoms with Crippen molar-refractivity contribution in [3.05, 3.63) is 12.7 Å². The van der Waals surface area contributed by atoms with Gasteiger partial charge in [-0.05, 0) is 25.7 Å². The van der Waals surface area contributed by atoms with Gasteiger partial charge in [0.2, 0.25) is 0 Å². The molecule has 0 nitrogen and oxygen atoms in total. The highest BCUT2D eigenvalue weighted by molar-refractivity contribution is 9.09. The molecule has 0 aromatic heterocycles. The molecule has 0 saturated carbocycles. The second-order valence-corrected chi connectivity index (χ2v) is 3.87. The van der Waals surface area contributed by atoms with Gasteiger partial charge in [0, 0.05) is 4.83 Å². The Morgan fingerprint density at radius 1 is 1.50 bits per heavy atom. The van der Waals surface area contributed by atoms with E-state index in [0.29, 0.717) is 0 Å². The minimum Gasteiger partial charge on any atom is -0.103 e. The van der Waals surface area contributed by atoms with Crippen molar-refractivity contribution >= 4 is 15.9 Å². The van der Waals surface area contributed by atoms with E-state index in [1.165, 1.54) is 32.1 Å². The summed E-state index contributed by atoms with van der Waals surface area (Å²) >= 11 is 3.60. The molecule has 0 aromatic rings. The summed E-state index contributed by atoms with van der Waals surface area (Å²) in [6.07, 6.45) is 8.35. The van der Waals surface area contributed by atoms with Crippen LogP contribution in [0.5, 0.6) is 0 Å². The molecule has 0 fully saturated rings. The first-order valence-electron chi connectivity index (χ1n) is 4.06. The van der Waals surface area contributed by atoms with E-state index in [0.717, 1.165) is 4.83 Å². The fraction of sp³-hybridized carbons (Fsp3) is 0.778. The predicted molar refractivity (Wildman–Crippen MR) is 51.7 cm³/mol. The number of alkyl halides is 1. The molecule has 0 bridgehead atoms. The van der Waals surface area contributed by atoms with Crippen molar-refractivity contribution in [2.75, 3.05) is 0 Å². The largest absolute Gasteiger partial charge is 0.103 e. The molecular formula is C9H17Br. The monoisotopic (exact) mass is 204 g/mol. The Balaban J connectivity index is 2.95. The Morgan fingerprint density at radius 2 is 2.20 bits per heavy atom. The van der Waals surface area contributed by atoms with E-state index in [1.54, 1.807) is 0 Å². The number of halogens is 1. The highest BCUT2D eigenvalue weighted by atomic mass is 79.9. The number of allylic oxidation sites excluding steroid dienone is 1. The minimum absolute atomic E-state index is 0.734. The first-order valence-corrected chi connectivity index (χ1v) is 4.97. The van der Waals surface area contributed by atoms with Crippen molar-refractivity contribution < 1.29 is 0 Å². The predicted octanol–water partition coefficient (Wildman–Crippen LogP) is 3.91. The first kappa shape index (κ1) is 10.2. The van der Waals surface area contributed by atoms with Gasteiger partial charge in [-0.3, -0.25) is 0 Å². The summed E-state index contributed by atoms with van der Waals surface area (Å²) < 4.78 is 0. The van der Waals surface area contributed by atoms with Crippen LogP contribution in [0, 0.1) is 0 Å². The maximum Gasteiger partial charge on any atom is 0.0143 e. The molecule has 0 aromatic carbocycles. The fourth-order valence-electron chi connectivity index (χ4n) is 0.859. The van der Waals surface area contributed by atoms with Crippen LogP contribution in [0.2, 0.25) is 0 Å². The zero-order valence-corrected chi connectivity index (χ0v) is 8.36. The van der Waals surface area contributed by atoms with E-state index < -0.39 is 0 Å². The molecular weight excluding hydrogens is 188 g/mol. The Labute approximate surface area is 72.8 Å². The van der Waals surface area contributed by atoms with Gasteiger partial charge >= 0.3 is 0 Å². The quantitative estimate of drug-likeness (QED) is 0.350. The van der Waals surface area contributed by atoms with Crippen LogP contribution in [0.3, 0.4) is 0 Å². The number of unbranched alkanes of at least 4 members (excludes halogenated alkanes) is 2. The summed E-state index contributed by atoms with van der Waals surface area (Å²) in [6.45, 7) is 5.90. The average Bonchev–Trinajstić information content (AvgIpc) is 1.98. The van der Waals surface area contributed by atoms with Gasteiger partial charge in [-0.15, -0.1) is 6.58 Å². The third kappa shape index (κ3) is 6.34. The van der Waals surface area contributed by atoms with Gasteiger partial charge in [0.15, 0.2) is 0 Å². The molecule has 0 aliphatic heterocycles. The summed E-state index contributed by atoms with van der Waals surface area (Å²) in [5.41, 5.74) is 0. The topological polar surface area (TPSA) is 0 Å². The van der Waals surface area contributed by atoms with Crippen LogP contribution in [-0.4, -0.2) is 4.83 Å². The van der Waals surface area contributed by atoms with Crippen LogP contribution in [-0.2, 0) is 0 Å². The maximum atomic E-state index is 3.69. The molecule has 1 heteroatoms. The smallest absolute Gasteiger partial charge is 0.0143 e. The van der Waals surface area contributed by atoms with E-state index in [1.807, 2.05) is 6.08 Å². The van der Waals surface area contributed by atoms with E-state index in [9.17, 15) is 0 Å². The summed E-state index contributed by atoms with van der Waals surface area (Å²) in [4.78, 5) is 0.734. The van der Waals surface area contributed by atoms with Gasteiger partial charge in [0.25, 0.3) is 0 Å². The molecule has 1 atom stereocenters. The first-order chi connectivity index (χ1) is 4.81. The number of hydrogen-bond acceptors (Lipinski definition) is 0. The van der Waals surface area contributed by atoms with Crippen molar-refractivity contribution in [3.8, 4) is 0 Å². The summed E-state index contributed by atoms with van der Waals surface area (Å²) in [5.74, 6) is 0. The van der Waals surface area contributed by atoms with Crippen molar-refractivity contribution in [3.63, 3.8) is 0 Å². The third-order valence-corrected chi connectivity index (χ3v) is 2.72. The van der Waals surface area contributed by atoms with E-state index >= 15 is 0 Å². The third-order valence-electron chi connectivity index (χ3n) is 1.62. The fourth-order valence-corrected chi connectivity index (χ4v) is 1.18. The second-order valence-electron chi connectivity index (χ2n) is 2.58. The lowest BCUT2D eigenvalue weighted by molar-refractivity contribution is 0.656.